The number of pyridine rings is 1. The highest BCUT2D eigenvalue weighted by atomic mass is 32.2. The molecule has 0 bridgehead atoms. The van der Waals surface area contributed by atoms with Gasteiger partial charge in [0.1, 0.15) is 4.90 Å². The highest BCUT2D eigenvalue weighted by molar-refractivity contribution is 7.89. The molecule has 1 aliphatic rings. The molecule has 2 rings (SSSR count). The van der Waals surface area contributed by atoms with E-state index in [2.05, 4.69) is 9.72 Å². The molecular formula is C13H18N2O5S. The van der Waals surface area contributed by atoms with Crippen LogP contribution < -0.4 is 0 Å². The van der Waals surface area contributed by atoms with E-state index in [-0.39, 0.29) is 29.5 Å². The second-order valence-corrected chi connectivity index (χ2v) is 7.06. The van der Waals surface area contributed by atoms with Crippen molar-refractivity contribution >= 4 is 16.0 Å². The van der Waals surface area contributed by atoms with E-state index in [1.807, 2.05) is 0 Å². The summed E-state index contributed by atoms with van der Waals surface area (Å²) in [6.07, 6.45) is 0.686. The number of aryl methyl sites for hydroxylation is 1. The van der Waals surface area contributed by atoms with Gasteiger partial charge in [-0.2, -0.15) is 4.31 Å². The van der Waals surface area contributed by atoms with Gasteiger partial charge in [0.2, 0.25) is 10.0 Å². The predicted molar refractivity (Wildman–Crippen MR) is 74.2 cm³/mol. The summed E-state index contributed by atoms with van der Waals surface area (Å²) in [5.74, 6) is -0.680. The van der Waals surface area contributed by atoms with Crippen molar-refractivity contribution in [1.29, 1.82) is 0 Å². The van der Waals surface area contributed by atoms with Crippen LogP contribution in [0.3, 0.4) is 0 Å². The first-order chi connectivity index (χ1) is 9.77. The molecule has 1 fully saturated rings. The van der Waals surface area contributed by atoms with Gasteiger partial charge in [-0.1, -0.05) is 0 Å². The van der Waals surface area contributed by atoms with Gasteiger partial charge in [0.15, 0.2) is 0 Å². The molecule has 8 heteroatoms. The molecule has 0 saturated carbocycles. The number of carbonyl (C=O) groups excluding carboxylic acids is 1. The van der Waals surface area contributed by atoms with Crippen molar-refractivity contribution in [3.8, 4) is 0 Å². The molecule has 0 aromatic carbocycles. The van der Waals surface area contributed by atoms with Crippen LogP contribution in [0.1, 0.15) is 23.0 Å². The summed E-state index contributed by atoms with van der Waals surface area (Å²) < 4.78 is 30.7. The van der Waals surface area contributed by atoms with Gasteiger partial charge in [-0.25, -0.2) is 13.2 Å². The van der Waals surface area contributed by atoms with Crippen LogP contribution in [-0.4, -0.2) is 55.1 Å². The van der Waals surface area contributed by atoms with E-state index in [1.165, 1.54) is 23.7 Å². The molecule has 1 aromatic heterocycles. The van der Waals surface area contributed by atoms with Crippen LogP contribution in [0.15, 0.2) is 17.2 Å². The van der Waals surface area contributed by atoms with Gasteiger partial charge in [-0.15, -0.1) is 0 Å². The molecule has 1 atom stereocenters. The lowest BCUT2D eigenvalue weighted by Gasteiger charge is -2.39. The summed E-state index contributed by atoms with van der Waals surface area (Å²) in [4.78, 5) is 15.5. The number of hydrogen-bond donors (Lipinski definition) is 1. The van der Waals surface area contributed by atoms with E-state index in [1.54, 1.807) is 13.8 Å². The monoisotopic (exact) mass is 314 g/mol. The van der Waals surface area contributed by atoms with Gasteiger partial charge < -0.3 is 9.84 Å². The zero-order valence-electron chi connectivity index (χ0n) is 12.1. The van der Waals surface area contributed by atoms with Crippen LogP contribution in [-0.2, 0) is 14.8 Å². The van der Waals surface area contributed by atoms with E-state index in [0.717, 1.165) is 0 Å². The Hall–Kier alpha value is -1.51. The van der Waals surface area contributed by atoms with Crippen LogP contribution >= 0.6 is 0 Å². The van der Waals surface area contributed by atoms with E-state index in [4.69, 9.17) is 0 Å². The summed E-state index contributed by atoms with van der Waals surface area (Å²) in [7, 11) is -2.47. The van der Waals surface area contributed by atoms with Crippen molar-refractivity contribution in [2.75, 3.05) is 20.2 Å². The molecule has 0 spiro atoms. The number of aliphatic hydroxyl groups is 1. The predicted octanol–water partition coefficient (Wildman–Crippen LogP) is 0.178. The van der Waals surface area contributed by atoms with Gasteiger partial charge in [0.05, 0.1) is 24.5 Å². The van der Waals surface area contributed by atoms with Gasteiger partial charge >= 0.3 is 5.97 Å². The third-order valence-electron chi connectivity index (χ3n) is 3.66. The molecule has 1 N–H and O–H groups in total. The van der Waals surface area contributed by atoms with Gasteiger partial charge in [-0.3, -0.25) is 4.98 Å². The smallest absolute Gasteiger partial charge is 0.339 e. The minimum atomic E-state index is -3.70. The van der Waals surface area contributed by atoms with Crippen molar-refractivity contribution in [1.82, 2.24) is 9.29 Å². The maximum absolute atomic E-state index is 12.4. The third kappa shape index (κ3) is 2.92. The topological polar surface area (TPSA) is 96.8 Å². The van der Waals surface area contributed by atoms with Crippen LogP contribution in [0.5, 0.6) is 0 Å². The van der Waals surface area contributed by atoms with Crippen molar-refractivity contribution in [3.63, 3.8) is 0 Å². The normalized spacial score (nSPS) is 18.1. The molecular weight excluding hydrogens is 296 g/mol. The lowest BCUT2D eigenvalue weighted by Crippen LogP contribution is -2.53. The quantitative estimate of drug-likeness (QED) is 0.796. The number of ether oxygens (including phenoxy) is 1. The van der Waals surface area contributed by atoms with Gasteiger partial charge in [0.25, 0.3) is 0 Å². The molecule has 7 nitrogen and oxygen atoms in total. The summed E-state index contributed by atoms with van der Waals surface area (Å²) in [6, 6.07) is 1.28. The van der Waals surface area contributed by atoms with Crippen LogP contribution in [0.2, 0.25) is 0 Å². The molecule has 0 radical (unpaired) electrons. The highest BCUT2D eigenvalue weighted by Gasteiger charge is 2.39. The van der Waals surface area contributed by atoms with Gasteiger partial charge in [0, 0.05) is 25.2 Å². The average Bonchev–Trinajstić information content (AvgIpc) is 2.35. The summed E-state index contributed by atoms with van der Waals surface area (Å²) >= 11 is 0. The lowest BCUT2D eigenvalue weighted by molar-refractivity contribution is 0.0499. The summed E-state index contributed by atoms with van der Waals surface area (Å²) in [6.45, 7) is 3.77. The third-order valence-corrected chi connectivity index (χ3v) is 5.46. The molecule has 1 saturated heterocycles. The molecule has 0 aliphatic carbocycles. The lowest BCUT2D eigenvalue weighted by atomic mass is 9.98. The number of sulfonamides is 1. The molecule has 116 valence electrons. The fourth-order valence-corrected chi connectivity index (χ4v) is 3.62. The van der Waals surface area contributed by atoms with E-state index < -0.39 is 22.1 Å². The molecule has 0 amide bonds. The average molecular weight is 314 g/mol. The maximum atomic E-state index is 12.4. The Morgan fingerprint density at radius 3 is 2.67 bits per heavy atom. The second kappa shape index (κ2) is 5.70. The zero-order chi connectivity index (χ0) is 15.8. The Bertz CT molecular complexity index is 651. The standard InChI is InChI=1S/C13H18N2O5S/c1-8-12(13(17)20-3)4-11(5-14-8)21(18,19)15-6-10(7-15)9(2)16/h4-5,9-10,16H,6-7H2,1-3H3/t9-/m0/s1. The fraction of sp³-hybridized carbons (Fsp3) is 0.538. The molecule has 0 unspecified atom stereocenters. The second-order valence-electron chi connectivity index (χ2n) is 5.12. The Balaban J connectivity index is 2.28. The molecule has 2 heterocycles. The molecule has 21 heavy (non-hydrogen) atoms. The fourth-order valence-electron chi connectivity index (χ4n) is 2.09. The number of carbonyl (C=O) groups is 1. The first-order valence-electron chi connectivity index (χ1n) is 6.50. The SMILES string of the molecule is COC(=O)c1cc(S(=O)(=O)N2CC([C@H](C)O)C2)cnc1C. The van der Waals surface area contributed by atoms with Crippen LogP contribution in [0.4, 0.5) is 0 Å². The van der Waals surface area contributed by atoms with Crippen LogP contribution in [0.25, 0.3) is 0 Å². The van der Waals surface area contributed by atoms with Crippen LogP contribution in [0, 0.1) is 12.8 Å². The molecule has 1 aliphatic heterocycles. The van der Waals surface area contributed by atoms with E-state index >= 15 is 0 Å². The zero-order valence-corrected chi connectivity index (χ0v) is 12.9. The maximum Gasteiger partial charge on any atom is 0.339 e. The number of hydrogen-bond acceptors (Lipinski definition) is 6. The Kier molecular flexibility index (Phi) is 4.31. The number of esters is 1. The summed E-state index contributed by atoms with van der Waals surface area (Å²) in [5, 5.41) is 9.42. The number of aromatic nitrogens is 1. The van der Waals surface area contributed by atoms with Crippen molar-refractivity contribution < 1.29 is 23.1 Å². The Morgan fingerprint density at radius 2 is 2.14 bits per heavy atom. The largest absolute Gasteiger partial charge is 0.465 e. The number of methoxy groups -OCH3 is 1. The van der Waals surface area contributed by atoms with Crippen molar-refractivity contribution in [2.24, 2.45) is 5.92 Å². The van der Waals surface area contributed by atoms with Crippen molar-refractivity contribution in [3.05, 3.63) is 23.5 Å². The minimum Gasteiger partial charge on any atom is -0.465 e. The number of rotatable bonds is 4. The highest BCUT2D eigenvalue weighted by Crippen LogP contribution is 2.27. The first-order valence-corrected chi connectivity index (χ1v) is 7.94. The molecule has 1 aromatic rings. The Morgan fingerprint density at radius 1 is 1.52 bits per heavy atom. The minimum absolute atomic E-state index is 0.0439. The summed E-state index contributed by atoms with van der Waals surface area (Å²) in [5.41, 5.74) is 0.539. The first kappa shape index (κ1) is 15.9. The van der Waals surface area contributed by atoms with E-state index in [0.29, 0.717) is 5.69 Å². The van der Waals surface area contributed by atoms with Gasteiger partial charge in [-0.05, 0) is 19.9 Å². The van der Waals surface area contributed by atoms with Crippen molar-refractivity contribution in [2.45, 2.75) is 24.8 Å². The number of nitrogens with zero attached hydrogens (tertiary/aromatic N) is 2. The number of aliphatic hydroxyl groups excluding tert-OH is 1. The Labute approximate surface area is 123 Å². The van der Waals surface area contributed by atoms with E-state index in [9.17, 15) is 18.3 Å².